The number of hydrogen-bond donors (Lipinski definition) is 2. The Morgan fingerprint density at radius 1 is 1.24 bits per heavy atom. The molecule has 9 heteroatoms. The molecule has 0 radical (unpaired) electrons. The van der Waals surface area contributed by atoms with Gasteiger partial charge in [-0.15, -0.1) is 10.2 Å². The minimum Gasteiger partial charge on any atom is -0.388 e. The van der Waals surface area contributed by atoms with Gasteiger partial charge in [-0.1, -0.05) is 41.7 Å². The van der Waals surface area contributed by atoms with Crippen LogP contribution in [0.2, 0.25) is 0 Å². The van der Waals surface area contributed by atoms with Crippen LogP contribution in [-0.2, 0) is 19.7 Å². The smallest absolute Gasteiger partial charge is 0.324 e. The van der Waals surface area contributed by atoms with Crippen molar-refractivity contribution in [1.82, 2.24) is 24.6 Å². The van der Waals surface area contributed by atoms with Crippen molar-refractivity contribution < 1.29 is 9.90 Å². The van der Waals surface area contributed by atoms with Gasteiger partial charge in [-0.25, -0.2) is 9.78 Å². The molecule has 0 saturated heterocycles. The predicted molar refractivity (Wildman–Crippen MR) is 92.9 cm³/mol. The number of urea groups is 1. The number of anilines is 1. The molecule has 2 N–H and O–H groups in total. The van der Waals surface area contributed by atoms with Crippen molar-refractivity contribution in [3.05, 3.63) is 48.2 Å². The molecule has 25 heavy (non-hydrogen) atoms. The predicted octanol–water partition coefficient (Wildman–Crippen LogP) is 1.94. The van der Waals surface area contributed by atoms with Gasteiger partial charge in [-0.3, -0.25) is 5.32 Å². The molecule has 4 rings (SSSR count). The second kappa shape index (κ2) is 6.61. The van der Waals surface area contributed by atoms with Crippen molar-refractivity contribution >= 4 is 22.5 Å². The average molecular weight is 356 g/mol. The number of carbonyl (C=O) groups excluding carboxylic acids is 1. The van der Waals surface area contributed by atoms with E-state index in [0.717, 1.165) is 10.4 Å². The zero-order valence-electron chi connectivity index (χ0n) is 13.3. The van der Waals surface area contributed by atoms with Gasteiger partial charge in [0.1, 0.15) is 6.61 Å². The molecular weight excluding hydrogens is 340 g/mol. The summed E-state index contributed by atoms with van der Waals surface area (Å²) in [5.74, 6) is 1.21. The summed E-state index contributed by atoms with van der Waals surface area (Å²) < 4.78 is 1.85. The Kier molecular flexibility index (Phi) is 4.16. The maximum Gasteiger partial charge on any atom is 0.324 e. The summed E-state index contributed by atoms with van der Waals surface area (Å²) in [6.45, 7) is 1.30. The van der Waals surface area contributed by atoms with Crippen LogP contribution >= 0.6 is 11.3 Å². The molecule has 0 atom stereocenters. The molecule has 2 aromatic heterocycles. The fourth-order valence-corrected chi connectivity index (χ4v) is 3.56. The number of nitrogens with zero attached hydrogens (tertiary/aromatic N) is 5. The average Bonchev–Trinajstić information content (AvgIpc) is 3.28. The molecule has 0 saturated carbocycles. The Labute approximate surface area is 147 Å². The molecule has 8 nitrogen and oxygen atoms in total. The van der Waals surface area contributed by atoms with E-state index in [0.29, 0.717) is 36.4 Å². The van der Waals surface area contributed by atoms with Crippen LogP contribution in [0, 0.1) is 0 Å². The lowest BCUT2D eigenvalue weighted by Gasteiger charge is -2.27. The maximum atomic E-state index is 12.5. The molecule has 0 bridgehead atoms. The lowest BCUT2D eigenvalue weighted by Crippen LogP contribution is -2.41. The van der Waals surface area contributed by atoms with Crippen LogP contribution in [0.3, 0.4) is 0 Å². The summed E-state index contributed by atoms with van der Waals surface area (Å²) in [4.78, 5) is 19.4. The van der Waals surface area contributed by atoms with Gasteiger partial charge >= 0.3 is 6.03 Å². The number of amides is 2. The lowest BCUT2D eigenvalue weighted by atomic mass is 10.2. The van der Waals surface area contributed by atoms with E-state index in [2.05, 4.69) is 20.5 Å². The summed E-state index contributed by atoms with van der Waals surface area (Å²) in [6, 6.07) is 9.71. The van der Waals surface area contributed by atoms with Crippen LogP contribution in [0.4, 0.5) is 9.93 Å². The number of fused-ring (bicyclic) bond motifs is 1. The molecule has 2 amide bonds. The van der Waals surface area contributed by atoms with Gasteiger partial charge in [-0.05, 0) is 5.56 Å². The second-order valence-electron chi connectivity index (χ2n) is 5.59. The quantitative estimate of drug-likeness (QED) is 0.748. The molecule has 0 fully saturated rings. The van der Waals surface area contributed by atoms with Crippen molar-refractivity contribution in [1.29, 1.82) is 0 Å². The molecule has 1 aliphatic heterocycles. The number of thiazole rings is 1. The maximum absolute atomic E-state index is 12.5. The van der Waals surface area contributed by atoms with E-state index in [1.54, 1.807) is 11.1 Å². The third-order valence-corrected chi connectivity index (χ3v) is 5.00. The Hall–Kier alpha value is -2.78. The van der Waals surface area contributed by atoms with Gasteiger partial charge in [0.2, 0.25) is 0 Å². The Bertz CT molecular complexity index is 891. The summed E-state index contributed by atoms with van der Waals surface area (Å²) in [7, 11) is 0. The van der Waals surface area contributed by atoms with Crippen LogP contribution in [0.15, 0.2) is 36.5 Å². The van der Waals surface area contributed by atoms with Gasteiger partial charge in [0.15, 0.2) is 16.8 Å². The van der Waals surface area contributed by atoms with E-state index in [4.69, 9.17) is 0 Å². The number of aliphatic hydroxyl groups excluding tert-OH is 1. The van der Waals surface area contributed by atoms with Crippen molar-refractivity contribution in [2.75, 3.05) is 11.9 Å². The molecule has 3 heterocycles. The summed E-state index contributed by atoms with van der Waals surface area (Å²) in [5, 5.41) is 20.6. The molecule has 0 unspecified atom stereocenters. The number of aromatic nitrogens is 4. The largest absolute Gasteiger partial charge is 0.388 e. The Morgan fingerprint density at radius 3 is 2.88 bits per heavy atom. The number of aliphatic hydroxyl groups is 1. The van der Waals surface area contributed by atoms with E-state index >= 15 is 0 Å². The van der Waals surface area contributed by atoms with Gasteiger partial charge in [0, 0.05) is 19.3 Å². The Morgan fingerprint density at radius 2 is 2.08 bits per heavy atom. The van der Waals surface area contributed by atoms with Crippen LogP contribution < -0.4 is 5.32 Å². The van der Waals surface area contributed by atoms with Crippen LogP contribution in [0.25, 0.3) is 10.4 Å². The highest BCUT2D eigenvalue weighted by Crippen LogP contribution is 2.28. The van der Waals surface area contributed by atoms with E-state index in [1.807, 2.05) is 34.9 Å². The third kappa shape index (κ3) is 3.11. The van der Waals surface area contributed by atoms with Crippen LogP contribution in [0.5, 0.6) is 0 Å². The van der Waals surface area contributed by atoms with Crippen molar-refractivity contribution in [3.8, 4) is 10.4 Å². The van der Waals surface area contributed by atoms with Crippen molar-refractivity contribution in [2.45, 2.75) is 19.7 Å². The van der Waals surface area contributed by atoms with E-state index in [1.165, 1.54) is 11.3 Å². The number of carbonyl (C=O) groups is 1. The van der Waals surface area contributed by atoms with Gasteiger partial charge in [0.05, 0.1) is 11.4 Å². The molecule has 0 spiro atoms. The zero-order chi connectivity index (χ0) is 17.2. The van der Waals surface area contributed by atoms with Crippen molar-refractivity contribution in [2.24, 2.45) is 0 Å². The first-order valence-corrected chi connectivity index (χ1v) is 8.65. The topological polar surface area (TPSA) is 96.2 Å². The number of benzene rings is 1. The number of rotatable bonds is 3. The molecule has 0 aliphatic carbocycles. The van der Waals surface area contributed by atoms with E-state index in [-0.39, 0.29) is 12.6 Å². The minimum atomic E-state index is -0.214. The molecule has 1 aliphatic rings. The molecular formula is C16H16N6O2S. The van der Waals surface area contributed by atoms with Gasteiger partial charge in [0.25, 0.3) is 0 Å². The summed E-state index contributed by atoms with van der Waals surface area (Å²) in [6.07, 6.45) is 1.76. The standard InChI is InChI=1S/C16H16N6O2S/c23-10-14-20-19-13-9-21(6-7-22(13)14)16(24)18-15-17-8-12(25-15)11-4-2-1-3-5-11/h1-5,8,23H,6-7,9-10H2,(H,17,18,24). The van der Waals surface area contributed by atoms with Crippen LogP contribution in [-0.4, -0.2) is 42.3 Å². The second-order valence-corrected chi connectivity index (χ2v) is 6.62. The highest BCUT2D eigenvalue weighted by Gasteiger charge is 2.24. The fraction of sp³-hybridized carbons (Fsp3) is 0.250. The number of nitrogens with one attached hydrogen (secondary N) is 1. The number of hydrogen-bond acceptors (Lipinski definition) is 6. The highest BCUT2D eigenvalue weighted by atomic mass is 32.1. The van der Waals surface area contributed by atoms with Gasteiger partial charge < -0.3 is 14.6 Å². The molecule has 128 valence electrons. The first kappa shape index (κ1) is 15.7. The Balaban J connectivity index is 1.44. The first-order chi connectivity index (χ1) is 12.2. The highest BCUT2D eigenvalue weighted by molar-refractivity contribution is 7.19. The summed E-state index contributed by atoms with van der Waals surface area (Å²) >= 11 is 1.44. The van der Waals surface area contributed by atoms with E-state index < -0.39 is 0 Å². The zero-order valence-corrected chi connectivity index (χ0v) is 14.1. The van der Waals surface area contributed by atoms with Crippen molar-refractivity contribution in [3.63, 3.8) is 0 Å². The van der Waals surface area contributed by atoms with E-state index in [9.17, 15) is 9.90 Å². The minimum absolute atomic E-state index is 0.152. The van der Waals surface area contributed by atoms with Crippen LogP contribution in [0.1, 0.15) is 11.6 Å². The SMILES string of the molecule is O=C(Nc1ncc(-c2ccccc2)s1)N1CCn2c(CO)nnc2C1. The van der Waals surface area contributed by atoms with Gasteiger partial charge in [-0.2, -0.15) is 0 Å². The monoisotopic (exact) mass is 356 g/mol. The third-order valence-electron chi connectivity index (χ3n) is 4.04. The fourth-order valence-electron chi connectivity index (χ4n) is 2.75. The normalized spacial score (nSPS) is 13.6. The molecule has 3 aromatic rings. The molecule has 1 aromatic carbocycles. The first-order valence-electron chi connectivity index (χ1n) is 7.83. The lowest BCUT2D eigenvalue weighted by molar-refractivity contribution is 0.192. The summed E-state index contributed by atoms with van der Waals surface area (Å²) in [5.41, 5.74) is 1.07.